The van der Waals surface area contributed by atoms with Crippen molar-refractivity contribution in [3.8, 4) is 0 Å². The van der Waals surface area contributed by atoms with E-state index >= 15 is 0 Å². The molecule has 0 bridgehead atoms. The molecular weight excluding hydrogens is 246 g/mol. The molecule has 18 heavy (non-hydrogen) atoms. The lowest BCUT2D eigenvalue weighted by atomic mass is 10.7. The van der Waals surface area contributed by atoms with E-state index in [2.05, 4.69) is 24.7 Å². The molecule has 96 valence electrons. The maximum Gasteiger partial charge on any atom is 0.422 e. The van der Waals surface area contributed by atoms with Crippen molar-refractivity contribution in [2.75, 3.05) is 0 Å². The van der Waals surface area contributed by atoms with Crippen molar-refractivity contribution >= 4 is 14.2 Å². The van der Waals surface area contributed by atoms with Gasteiger partial charge in [-0.2, -0.15) is 0 Å². The van der Waals surface area contributed by atoms with E-state index in [1.807, 2.05) is 18.2 Å². The van der Waals surface area contributed by atoms with E-state index in [0.29, 0.717) is 0 Å². The van der Waals surface area contributed by atoms with Crippen molar-refractivity contribution in [3.63, 3.8) is 0 Å². The lowest BCUT2D eigenvalue weighted by molar-refractivity contribution is -0.395. The van der Waals surface area contributed by atoms with Crippen LogP contribution in [0.3, 0.4) is 0 Å². The summed E-state index contributed by atoms with van der Waals surface area (Å²) in [6, 6.07) is 2.17. The molecule has 0 aliphatic rings. The predicted molar refractivity (Wildman–Crippen MR) is 75.0 cm³/mol. The summed E-state index contributed by atoms with van der Waals surface area (Å²) in [7, 11) is -2.17. The molecule has 0 atom stereocenters. The van der Waals surface area contributed by atoms with Crippen molar-refractivity contribution in [2.24, 2.45) is 0 Å². The summed E-state index contributed by atoms with van der Waals surface area (Å²) in [6.45, 7) is 11.3. The van der Waals surface area contributed by atoms with E-state index in [1.54, 1.807) is 10.4 Å². The van der Waals surface area contributed by atoms with Gasteiger partial charge in [-0.25, -0.2) is 0 Å². The van der Waals surface area contributed by atoms with Gasteiger partial charge < -0.3 is 10.1 Å². The highest BCUT2D eigenvalue weighted by atomic mass is 28.3. The summed E-state index contributed by atoms with van der Waals surface area (Å²) in [5, 5.41) is 11.0. The number of rotatable bonds is 8. The summed E-state index contributed by atoms with van der Waals surface area (Å²) >= 11 is 0. The number of hydrogen-bond acceptors (Lipinski definition) is 3. The Morgan fingerprint density at radius 2 is 1.78 bits per heavy atom. The molecule has 1 rings (SSSR count). The fourth-order valence-electron chi connectivity index (χ4n) is 2.15. The largest absolute Gasteiger partial charge is 0.422 e. The van der Waals surface area contributed by atoms with Crippen LogP contribution in [0.15, 0.2) is 50.4 Å². The predicted octanol–water partition coefficient (Wildman–Crippen LogP) is 3.14. The molecule has 0 N–H and O–H groups in total. The highest BCUT2D eigenvalue weighted by molar-refractivity contribution is 6.79. The van der Waals surface area contributed by atoms with Crippen molar-refractivity contribution in [1.82, 2.24) is 9.22 Å². The van der Waals surface area contributed by atoms with Gasteiger partial charge in [-0.05, 0) is 23.1 Å². The van der Waals surface area contributed by atoms with Gasteiger partial charge in [0.2, 0.25) is 8.24 Å². The zero-order valence-corrected chi connectivity index (χ0v) is 11.3. The molecule has 1 aromatic rings. The molecule has 1 heterocycles. The van der Waals surface area contributed by atoms with Crippen LogP contribution in [0.2, 0.25) is 18.1 Å². The van der Waals surface area contributed by atoms with E-state index in [9.17, 15) is 10.1 Å². The fourth-order valence-corrected chi connectivity index (χ4v) is 5.80. The van der Waals surface area contributed by atoms with Crippen molar-refractivity contribution < 1.29 is 4.92 Å². The van der Waals surface area contributed by atoms with E-state index in [0.717, 1.165) is 18.1 Å². The van der Waals surface area contributed by atoms with Crippen LogP contribution >= 0.6 is 0 Å². The second kappa shape index (κ2) is 6.11. The minimum atomic E-state index is -2.17. The van der Waals surface area contributed by atoms with E-state index in [1.165, 1.54) is 6.20 Å². The molecule has 0 aromatic carbocycles. The van der Waals surface area contributed by atoms with Gasteiger partial charge in [0.1, 0.15) is 6.20 Å². The monoisotopic (exact) mass is 263 g/mol. The molecule has 6 heteroatoms. The average molecular weight is 263 g/mol. The van der Waals surface area contributed by atoms with Gasteiger partial charge in [0.05, 0.1) is 6.20 Å². The normalized spacial score (nSPS) is 10.9. The van der Waals surface area contributed by atoms with Crippen LogP contribution in [0.1, 0.15) is 0 Å². The number of allylic oxidation sites excluding steroid dienone is 3. The number of nitro groups is 1. The van der Waals surface area contributed by atoms with Crippen molar-refractivity contribution in [2.45, 2.75) is 18.1 Å². The Kier molecular flexibility index (Phi) is 4.79. The van der Waals surface area contributed by atoms with Gasteiger partial charge in [0, 0.05) is 0 Å². The molecule has 0 fully saturated rings. The minimum absolute atomic E-state index is 0.104. The second-order valence-corrected chi connectivity index (χ2v) is 8.21. The van der Waals surface area contributed by atoms with Gasteiger partial charge in [-0.1, -0.05) is 23.2 Å². The first-order chi connectivity index (χ1) is 8.61. The maximum absolute atomic E-state index is 11.0. The van der Waals surface area contributed by atoms with Gasteiger partial charge >= 0.3 is 5.95 Å². The zero-order chi connectivity index (χ0) is 13.6. The first-order valence-corrected chi connectivity index (χ1v) is 8.19. The Labute approximate surface area is 107 Å². The third-order valence-corrected chi connectivity index (χ3v) is 7.39. The fraction of sp³-hybridized carbons (Fsp3) is 0.250. The minimum Gasteiger partial charge on any atom is -0.390 e. The Morgan fingerprint density at radius 3 is 2.17 bits per heavy atom. The van der Waals surface area contributed by atoms with Crippen LogP contribution in [0.5, 0.6) is 0 Å². The van der Waals surface area contributed by atoms with E-state index in [-0.39, 0.29) is 5.95 Å². The molecular formula is C12H17N3O2Si. The van der Waals surface area contributed by atoms with Gasteiger partial charge in [0.15, 0.2) is 0 Å². The average Bonchev–Trinajstić information content (AvgIpc) is 2.79. The molecule has 0 spiro atoms. The lowest BCUT2D eigenvalue weighted by Gasteiger charge is -2.26. The molecule has 0 unspecified atom stereocenters. The molecule has 5 nitrogen and oxygen atoms in total. The summed E-state index contributed by atoms with van der Waals surface area (Å²) in [5.74, 6) is -0.104. The Bertz CT molecular complexity index is 441. The van der Waals surface area contributed by atoms with Gasteiger partial charge in [-0.3, -0.25) is 4.23 Å². The van der Waals surface area contributed by atoms with E-state index in [4.69, 9.17) is 0 Å². The first-order valence-electron chi connectivity index (χ1n) is 5.62. The van der Waals surface area contributed by atoms with E-state index < -0.39 is 13.2 Å². The number of imidazole rings is 1. The Hall–Kier alpha value is -1.95. The molecule has 0 aliphatic heterocycles. The Balaban J connectivity index is 3.33. The standard InChI is InChI=1S/C12H17N3O2Si/c1-4-9-18(10-5-2,11-6-3)14-8-7-13-12(14)15(16)17/h4-8H,1-3,9-11H2. The molecule has 0 saturated carbocycles. The van der Waals surface area contributed by atoms with Crippen LogP contribution in [-0.4, -0.2) is 22.4 Å². The number of aromatic nitrogens is 2. The molecule has 0 aliphatic carbocycles. The first kappa shape index (κ1) is 14.1. The quantitative estimate of drug-likeness (QED) is 0.313. The lowest BCUT2D eigenvalue weighted by Crippen LogP contribution is -2.42. The summed E-state index contributed by atoms with van der Waals surface area (Å²) in [6.07, 6.45) is 8.57. The highest BCUT2D eigenvalue weighted by Crippen LogP contribution is 2.28. The number of hydrogen-bond donors (Lipinski definition) is 0. The van der Waals surface area contributed by atoms with Crippen LogP contribution in [0.4, 0.5) is 5.95 Å². The molecule has 0 radical (unpaired) electrons. The maximum atomic E-state index is 11.0. The smallest absolute Gasteiger partial charge is 0.390 e. The van der Waals surface area contributed by atoms with Crippen molar-refractivity contribution in [3.05, 3.63) is 60.5 Å². The van der Waals surface area contributed by atoms with Crippen LogP contribution < -0.4 is 0 Å². The summed E-state index contributed by atoms with van der Waals surface area (Å²) < 4.78 is 1.72. The third-order valence-electron chi connectivity index (χ3n) is 2.87. The Morgan fingerprint density at radius 1 is 1.28 bits per heavy atom. The van der Waals surface area contributed by atoms with Crippen LogP contribution in [0, 0.1) is 10.1 Å². The zero-order valence-electron chi connectivity index (χ0n) is 10.3. The van der Waals surface area contributed by atoms with Gasteiger partial charge in [0.25, 0.3) is 0 Å². The second-order valence-electron chi connectivity index (χ2n) is 4.06. The summed E-state index contributed by atoms with van der Waals surface area (Å²) in [4.78, 5) is 14.4. The molecule has 0 amide bonds. The van der Waals surface area contributed by atoms with Crippen LogP contribution in [-0.2, 0) is 0 Å². The summed E-state index contributed by atoms with van der Waals surface area (Å²) in [5.41, 5.74) is 0. The third kappa shape index (κ3) is 2.65. The SMILES string of the molecule is C=CC[Si](CC=C)(CC=C)n1ccnc1[N+](=O)[O-]. The highest BCUT2D eigenvalue weighted by Gasteiger charge is 2.39. The topological polar surface area (TPSA) is 61.0 Å². The number of nitrogens with zero attached hydrogens (tertiary/aromatic N) is 3. The van der Waals surface area contributed by atoms with Gasteiger partial charge in [-0.15, -0.1) is 19.7 Å². The molecule has 0 saturated heterocycles. The van der Waals surface area contributed by atoms with Crippen LogP contribution in [0.25, 0.3) is 0 Å². The molecule has 1 aromatic heterocycles. The van der Waals surface area contributed by atoms with Crippen molar-refractivity contribution in [1.29, 1.82) is 0 Å².